The quantitative estimate of drug-likeness (QED) is 0.255. The molecule has 0 atom stereocenters. The molecular formula is C26H30BrP. The molecule has 146 valence electrons. The predicted molar refractivity (Wildman–Crippen MR) is 132 cm³/mol. The molecule has 0 amide bonds. The molecule has 0 aliphatic carbocycles. The van der Waals surface area contributed by atoms with Gasteiger partial charge in [0.25, 0.3) is 0 Å². The van der Waals surface area contributed by atoms with Crippen LogP contribution in [0, 0.1) is 0 Å². The van der Waals surface area contributed by atoms with Gasteiger partial charge in [-0.15, -0.1) is 0 Å². The second-order valence-electron chi connectivity index (χ2n) is 7.53. The summed E-state index contributed by atoms with van der Waals surface area (Å²) in [5.74, 6) is 0. The molecule has 3 rings (SSSR count). The van der Waals surface area contributed by atoms with Crippen LogP contribution in [0.25, 0.3) is 0 Å². The molecule has 0 bridgehead atoms. The van der Waals surface area contributed by atoms with E-state index in [-0.39, 0.29) is 0 Å². The van der Waals surface area contributed by atoms with Crippen molar-refractivity contribution in [2.75, 3.05) is 6.16 Å². The van der Waals surface area contributed by atoms with Crippen LogP contribution in [0.5, 0.6) is 0 Å². The summed E-state index contributed by atoms with van der Waals surface area (Å²) in [6.07, 6.45) is 7.13. The molecule has 0 spiro atoms. The summed E-state index contributed by atoms with van der Waals surface area (Å²) in [5, 5.41) is 1.34. The molecule has 3 aromatic rings. The van der Waals surface area contributed by atoms with Crippen molar-refractivity contribution in [1.82, 2.24) is 0 Å². The summed E-state index contributed by atoms with van der Waals surface area (Å²) in [6, 6.07) is 33.1. The van der Waals surface area contributed by atoms with Gasteiger partial charge >= 0.3 is 179 Å². The molecule has 0 nitrogen and oxygen atoms in total. The third kappa shape index (κ3) is 4.02. The third-order valence-electron chi connectivity index (χ3n) is 5.59. The van der Waals surface area contributed by atoms with Gasteiger partial charge in [0.1, 0.15) is 0 Å². The number of unbranched alkanes of at least 4 members (excludes halogenated alkanes) is 1. The van der Waals surface area contributed by atoms with Crippen molar-refractivity contribution in [3.8, 4) is 0 Å². The van der Waals surface area contributed by atoms with E-state index < -0.39 is 5.31 Å². The molecule has 0 aliphatic heterocycles. The second-order valence-corrected chi connectivity index (χ2v) is 16.5. The summed E-state index contributed by atoms with van der Waals surface area (Å²) < 4.78 is 0. The van der Waals surface area contributed by atoms with Gasteiger partial charge in [0.05, 0.1) is 0 Å². The molecule has 0 fully saturated rings. The van der Waals surface area contributed by atoms with Gasteiger partial charge in [-0.25, -0.2) is 0 Å². The van der Waals surface area contributed by atoms with Crippen LogP contribution in [-0.2, 0) is 0 Å². The monoisotopic (exact) mass is 452 g/mol. The molecule has 3 aromatic carbocycles. The van der Waals surface area contributed by atoms with Gasteiger partial charge in [0.15, 0.2) is 0 Å². The molecule has 28 heavy (non-hydrogen) atoms. The number of rotatable bonds is 8. The van der Waals surface area contributed by atoms with Crippen LogP contribution in [0.1, 0.15) is 33.1 Å². The van der Waals surface area contributed by atoms with Crippen molar-refractivity contribution >= 4 is 36.7 Å². The van der Waals surface area contributed by atoms with Crippen molar-refractivity contribution in [1.29, 1.82) is 0 Å². The Morgan fingerprint density at radius 3 is 1.50 bits per heavy atom. The number of halogens is 1. The fourth-order valence-corrected chi connectivity index (χ4v) is 11.0. The summed E-state index contributed by atoms with van der Waals surface area (Å²) in [5.41, 5.74) is 1.48. The summed E-state index contributed by atoms with van der Waals surface area (Å²) in [4.78, 5) is 0. The van der Waals surface area contributed by atoms with Crippen molar-refractivity contribution in [2.45, 2.75) is 33.1 Å². The molecule has 0 aromatic heterocycles. The third-order valence-corrected chi connectivity index (χ3v) is 15.1. The average molecular weight is 453 g/mol. The standard InChI is InChI=1S/C26H30BrP/c1-3-4-14-23(2)21-22-28(27,24-15-8-5-9-16-24,25-17-10-6-11-18-25)26-19-12-7-13-20-26/h5-13,15-21H,3-4,14,22H2,1-2H3/b23-21+. The van der Waals surface area contributed by atoms with Gasteiger partial charge in [0, 0.05) is 0 Å². The van der Waals surface area contributed by atoms with Crippen molar-refractivity contribution < 1.29 is 0 Å². The summed E-state index contributed by atoms with van der Waals surface area (Å²) in [7, 11) is 0. The first-order chi connectivity index (χ1) is 13.6. The molecule has 0 unspecified atom stereocenters. The molecular weight excluding hydrogens is 423 g/mol. The minimum absolute atomic E-state index is 0.985. The first-order valence-corrected chi connectivity index (χ1v) is 14.6. The normalized spacial score (nSPS) is 13.7. The Labute approximate surface area is 178 Å². The Morgan fingerprint density at radius 2 is 1.14 bits per heavy atom. The predicted octanol–water partition coefficient (Wildman–Crippen LogP) is 6.96. The topological polar surface area (TPSA) is 0 Å². The molecule has 0 heterocycles. The van der Waals surface area contributed by atoms with E-state index in [4.69, 9.17) is 0 Å². The SMILES string of the molecule is CCCC/C(C)=C/CP(Br)(c1ccccc1)(c1ccccc1)c1ccccc1. The van der Waals surface area contributed by atoms with Gasteiger partial charge in [-0.05, 0) is 0 Å². The zero-order valence-corrected chi connectivity index (χ0v) is 19.4. The maximum absolute atomic E-state index is 4.50. The van der Waals surface area contributed by atoms with Crippen LogP contribution in [0.3, 0.4) is 0 Å². The maximum atomic E-state index is 4.50. The first kappa shape index (κ1) is 21.0. The van der Waals surface area contributed by atoms with Crippen LogP contribution in [0.2, 0.25) is 0 Å². The van der Waals surface area contributed by atoms with Gasteiger partial charge in [-0.1, -0.05) is 0 Å². The first-order valence-electron chi connectivity index (χ1n) is 10.1. The van der Waals surface area contributed by atoms with Crippen LogP contribution in [0.15, 0.2) is 103 Å². The Kier molecular flexibility index (Phi) is 6.91. The van der Waals surface area contributed by atoms with E-state index in [0.717, 1.165) is 6.16 Å². The van der Waals surface area contributed by atoms with E-state index in [1.807, 2.05) is 0 Å². The zero-order chi connectivity index (χ0) is 19.9. The van der Waals surface area contributed by atoms with E-state index in [1.54, 1.807) is 0 Å². The van der Waals surface area contributed by atoms with Gasteiger partial charge in [-0.2, -0.15) is 0 Å². The molecule has 0 N–H and O–H groups in total. The van der Waals surface area contributed by atoms with Crippen molar-refractivity contribution in [3.63, 3.8) is 0 Å². The van der Waals surface area contributed by atoms with Crippen LogP contribution < -0.4 is 15.9 Å². The van der Waals surface area contributed by atoms with E-state index in [0.29, 0.717) is 0 Å². The average Bonchev–Trinajstić information content (AvgIpc) is 2.78. The summed E-state index contributed by atoms with van der Waals surface area (Å²) in [6.45, 7) is 4.54. The zero-order valence-electron chi connectivity index (χ0n) is 16.9. The second kappa shape index (κ2) is 9.21. The van der Waals surface area contributed by atoms with E-state index >= 15 is 0 Å². The molecule has 0 saturated heterocycles. The van der Waals surface area contributed by atoms with Crippen molar-refractivity contribution in [2.24, 2.45) is 0 Å². The number of allylic oxidation sites excluding steroid dienone is 2. The van der Waals surface area contributed by atoms with Crippen molar-refractivity contribution in [3.05, 3.63) is 103 Å². The number of benzene rings is 3. The van der Waals surface area contributed by atoms with Crippen LogP contribution in [0.4, 0.5) is 0 Å². The summed E-state index contributed by atoms with van der Waals surface area (Å²) >= 11 is 4.50. The van der Waals surface area contributed by atoms with E-state index in [2.05, 4.69) is 126 Å². The Hall–Kier alpha value is -1.69. The Bertz CT molecular complexity index is 802. The molecule has 0 saturated carbocycles. The van der Waals surface area contributed by atoms with E-state index in [1.165, 1.54) is 40.7 Å². The minimum atomic E-state index is -2.80. The van der Waals surface area contributed by atoms with Gasteiger partial charge in [-0.3, -0.25) is 0 Å². The fourth-order valence-electron chi connectivity index (χ4n) is 3.86. The molecule has 0 aliphatic rings. The Balaban J connectivity index is 2.28. The fraction of sp³-hybridized carbons (Fsp3) is 0.231. The van der Waals surface area contributed by atoms with Gasteiger partial charge in [0.2, 0.25) is 0 Å². The van der Waals surface area contributed by atoms with Gasteiger partial charge < -0.3 is 0 Å². The number of hydrogen-bond donors (Lipinski definition) is 0. The number of hydrogen-bond acceptors (Lipinski definition) is 0. The molecule has 0 radical (unpaired) electrons. The molecule has 2 heteroatoms. The van der Waals surface area contributed by atoms with E-state index in [9.17, 15) is 0 Å². The van der Waals surface area contributed by atoms with Crippen LogP contribution >= 0.6 is 20.8 Å². The Morgan fingerprint density at radius 1 is 0.750 bits per heavy atom. The van der Waals surface area contributed by atoms with Crippen LogP contribution in [-0.4, -0.2) is 6.16 Å².